The first-order chi connectivity index (χ1) is 30.9. The van der Waals surface area contributed by atoms with Gasteiger partial charge in [-0.2, -0.15) is 0 Å². The Bertz CT molecular complexity index is 3790. The second kappa shape index (κ2) is 13.4. The van der Waals surface area contributed by atoms with Crippen LogP contribution in [-0.4, -0.2) is 0 Å². The molecule has 59 heavy (non-hydrogen) atoms. The van der Waals surface area contributed by atoms with E-state index in [1.807, 2.05) is 89.8 Å². The van der Waals surface area contributed by atoms with Crippen molar-refractivity contribution in [2.45, 2.75) is 0 Å². The molecule has 2 aromatic heterocycles. The number of hydrogen-bond donors (Lipinski definition) is 0. The number of anilines is 3. The molecule has 0 radical (unpaired) electrons. The maximum absolute atomic E-state index is 10.0. The molecule has 0 saturated heterocycles. The molecule has 2 heterocycles. The van der Waals surface area contributed by atoms with Gasteiger partial charge in [0.1, 0.15) is 22.3 Å². The number of rotatable bonds is 6. The average Bonchev–Trinajstić information content (AvgIpc) is 3.92. The highest BCUT2D eigenvalue weighted by molar-refractivity contribution is 6.19. The zero-order valence-electron chi connectivity index (χ0n) is 35.7. The van der Waals surface area contributed by atoms with Gasteiger partial charge in [-0.1, -0.05) is 164 Å². The normalized spacial score (nSPS) is 12.7. The maximum atomic E-state index is 10.0. The predicted octanol–water partition coefficient (Wildman–Crippen LogP) is 16.3. The summed E-state index contributed by atoms with van der Waals surface area (Å²) in [5.41, 5.74) is 9.26. The van der Waals surface area contributed by atoms with Gasteiger partial charge >= 0.3 is 0 Å². The first-order valence-electron chi connectivity index (χ1n) is 21.8. The second-order valence-corrected chi connectivity index (χ2v) is 14.9. The van der Waals surface area contributed by atoms with Crippen molar-refractivity contribution in [2.75, 3.05) is 4.90 Å². The highest BCUT2D eigenvalue weighted by atomic mass is 16.3. The summed E-state index contributed by atoms with van der Waals surface area (Å²) in [6.45, 7) is 0. The number of benzene rings is 10. The lowest BCUT2D eigenvalue weighted by molar-refractivity contribution is 0.670. The molecule has 0 bridgehead atoms. The molecular weight excluding hydrogens is 719 g/mol. The van der Waals surface area contributed by atoms with Crippen molar-refractivity contribution in [1.82, 2.24) is 0 Å². The highest BCUT2D eigenvalue weighted by Gasteiger charge is 2.22. The van der Waals surface area contributed by atoms with Crippen molar-refractivity contribution in [3.63, 3.8) is 0 Å². The maximum Gasteiger partial charge on any atom is 0.143 e. The van der Waals surface area contributed by atoms with Crippen LogP contribution in [0.3, 0.4) is 0 Å². The molecule has 0 amide bonds. The molecule has 276 valence electrons. The van der Waals surface area contributed by atoms with Crippen molar-refractivity contribution in [3.05, 3.63) is 212 Å². The van der Waals surface area contributed by atoms with Gasteiger partial charge < -0.3 is 13.7 Å². The molecule has 3 nitrogen and oxygen atoms in total. The fourth-order valence-electron chi connectivity index (χ4n) is 8.76. The Kier molecular flexibility index (Phi) is 6.65. The fraction of sp³-hybridized carbons (Fsp3) is 0. The van der Waals surface area contributed by atoms with Crippen LogP contribution in [0.4, 0.5) is 17.1 Å². The van der Waals surface area contributed by atoms with Crippen LogP contribution >= 0.6 is 0 Å². The van der Waals surface area contributed by atoms with E-state index in [1.54, 1.807) is 0 Å². The van der Waals surface area contributed by atoms with Crippen LogP contribution in [0.15, 0.2) is 221 Å². The predicted molar refractivity (Wildman–Crippen MR) is 247 cm³/mol. The van der Waals surface area contributed by atoms with Gasteiger partial charge in [-0.3, -0.25) is 0 Å². The van der Waals surface area contributed by atoms with E-state index in [2.05, 4.69) is 103 Å². The quantitative estimate of drug-likeness (QED) is 0.169. The lowest BCUT2D eigenvalue weighted by Crippen LogP contribution is -2.10. The molecular formula is C56H35NO2. The van der Waals surface area contributed by atoms with Crippen LogP contribution in [0.5, 0.6) is 0 Å². The minimum Gasteiger partial charge on any atom is -0.455 e. The van der Waals surface area contributed by atoms with Gasteiger partial charge in [-0.15, -0.1) is 0 Å². The molecule has 0 N–H and O–H groups in total. The van der Waals surface area contributed by atoms with Gasteiger partial charge in [0, 0.05) is 38.5 Å². The molecule has 0 atom stereocenters. The largest absolute Gasteiger partial charge is 0.455 e. The highest BCUT2D eigenvalue weighted by Crippen LogP contribution is 2.46. The van der Waals surface area contributed by atoms with Crippen LogP contribution in [0.2, 0.25) is 0 Å². The van der Waals surface area contributed by atoms with Gasteiger partial charge in [0.05, 0.1) is 16.6 Å². The smallest absolute Gasteiger partial charge is 0.143 e. The van der Waals surface area contributed by atoms with Gasteiger partial charge in [-0.05, 0) is 92.5 Å². The van der Waals surface area contributed by atoms with Crippen LogP contribution in [0, 0.1) is 0 Å². The summed E-state index contributed by atoms with van der Waals surface area (Å²) in [5.74, 6) is 0. The molecule has 0 aliphatic heterocycles. The summed E-state index contributed by atoms with van der Waals surface area (Å²) in [5, 5.41) is 7.92. The molecule has 12 aromatic rings. The van der Waals surface area contributed by atoms with Gasteiger partial charge in [0.25, 0.3) is 0 Å². The Labute approximate surface area is 346 Å². The van der Waals surface area contributed by atoms with E-state index in [0.29, 0.717) is 33.7 Å². The van der Waals surface area contributed by atoms with Crippen molar-refractivity contribution in [2.24, 2.45) is 0 Å². The summed E-state index contributed by atoms with van der Waals surface area (Å²) >= 11 is 0. The molecule has 12 rings (SSSR count). The first kappa shape index (κ1) is 29.4. The van der Waals surface area contributed by atoms with Gasteiger partial charge in [0.2, 0.25) is 0 Å². The van der Waals surface area contributed by atoms with E-state index in [0.717, 1.165) is 54.6 Å². The molecule has 0 saturated carbocycles. The third-order valence-electron chi connectivity index (χ3n) is 11.6. The van der Waals surface area contributed by atoms with Crippen LogP contribution < -0.4 is 4.90 Å². The zero-order chi connectivity index (χ0) is 42.3. The minimum absolute atomic E-state index is 0.0580. The first-order valence-corrected chi connectivity index (χ1v) is 19.8. The van der Waals surface area contributed by atoms with E-state index in [1.165, 1.54) is 16.3 Å². The number of para-hydroxylation sites is 2. The summed E-state index contributed by atoms with van der Waals surface area (Å²) in [6.07, 6.45) is 0. The zero-order valence-corrected chi connectivity index (χ0v) is 31.7. The number of fused-ring (bicyclic) bond motifs is 9. The molecule has 3 heteroatoms. The van der Waals surface area contributed by atoms with Crippen molar-refractivity contribution in [3.8, 4) is 33.4 Å². The van der Waals surface area contributed by atoms with E-state index < -0.39 is 0 Å². The van der Waals surface area contributed by atoms with Crippen molar-refractivity contribution >= 4 is 82.5 Å². The Morgan fingerprint density at radius 1 is 0.373 bits per heavy atom. The van der Waals surface area contributed by atoms with Gasteiger partial charge in [0.15, 0.2) is 0 Å². The molecule has 0 aliphatic carbocycles. The Hall–Kier alpha value is -7.88. The monoisotopic (exact) mass is 757 g/mol. The van der Waals surface area contributed by atoms with Crippen molar-refractivity contribution < 1.29 is 14.3 Å². The summed E-state index contributed by atoms with van der Waals surface area (Å²) < 4.78 is 51.2. The van der Waals surface area contributed by atoms with E-state index in [-0.39, 0.29) is 35.4 Å². The Morgan fingerprint density at radius 2 is 0.983 bits per heavy atom. The Balaban J connectivity index is 1.06. The van der Waals surface area contributed by atoms with E-state index in [4.69, 9.17) is 8.83 Å². The van der Waals surface area contributed by atoms with E-state index in [9.17, 15) is 5.48 Å². The lowest BCUT2D eigenvalue weighted by atomic mass is 9.96. The van der Waals surface area contributed by atoms with E-state index >= 15 is 0 Å². The van der Waals surface area contributed by atoms with Crippen LogP contribution in [0.1, 0.15) is 5.48 Å². The molecule has 0 spiro atoms. The topological polar surface area (TPSA) is 29.5 Å². The summed E-state index contributed by atoms with van der Waals surface area (Å²) in [7, 11) is 0. The van der Waals surface area contributed by atoms with Gasteiger partial charge in [-0.25, -0.2) is 0 Å². The average molecular weight is 758 g/mol. The standard InChI is InChI=1S/C56H35NO2/c1-3-16-44-38(11-1)13-8-19-45(44)40-27-25-36(26-28-40)37-29-32-42(33-30-37)57(51-22-10-24-53-54(51)50-34-31-39-12-2-4-17-46(39)56(50)59-53)43-15-7-14-41(35-43)47-20-9-21-49-48-18-5-6-23-52(48)58-55(47)49/h1-35H/i7D,14D,15D,35D. The number of nitrogens with zero attached hydrogens (tertiary/aromatic N) is 1. The molecule has 0 fully saturated rings. The Morgan fingerprint density at radius 3 is 1.83 bits per heavy atom. The minimum atomic E-state index is -0.285. The number of furan rings is 2. The molecule has 0 unspecified atom stereocenters. The molecule has 10 aromatic carbocycles. The van der Waals surface area contributed by atoms with Crippen molar-refractivity contribution in [1.29, 1.82) is 0 Å². The van der Waals surface area contributed by atoms with Crippen LogP contribution in [0.25, 0.3) is 98.8 Å². The third kappa shape index (κ3) is 5.44. The molecule has 0 aliphatic rings. The SMILES string of the molecule is [2H]c1c([2H])c(-c2cccc3c2oc2ccccc23)c([2H])c(N(c2ccc(-c3ccc(-c4cccc5ccccc45)cc3)cc2)c2cccc3oc4c5ccccc5ccc4c23)c1[2H]. The summed E-state index contributed by atoms with van der Waals surface area (Å²) in [4.78, 5) is 1.89. The number of hydrogen-bond acceptors (Lipinski definition) is 3. The third-order valence-corrected chi connectivity index (χ3v) is 11.6. The van der Waals surface area contributed by atoms with Crippen LogP contribution in [-0.2, 0) is 0 Å². The fourth-order valence-corrected chi connectivity index (χ4v) is 8.76. The lowest BCUT2D eigenvalue weighted by Gasteiger charge is -2.27. The second-order valence-electron chi connectivity index (χ2n) is 14.9. The summed E-state index contributed by atoms with van der Waals surface area (Å²) in [6, 6.07) is 62.3.